The second-order valence-electron chi connectivity index (χ2n) is 7.35. The predicted octanol–water partition coefficient (Wildman–Crippen LogP) is 3.24. The normalized spacial score (nSPS) is 24.4. The van der Waals surface area contributed by atoms with Crippen LogP contribution >= 0.6 is 0 Å². The summed E-state index contributed by atoms with van der Waals surface area (Å²) in [4.78, 5) is 21.2. The standard InChI is InChI=1S/C20H27N3O2/c1-15(24)23-14-5-9-18(23)17-8-4-12-22(17)13-6-11-20-21-16-7-2-3-10-19(16)25-20/h2-3,7,10,17-18H,4-6,8-9,11-14H2,1H3/t17-,18+/m1/s1. The Morgan fingerprint density at radius 2 is 2.00 bits per heavy atom. The maximum absolute atomic E-state index is 11.9. The van der Waals surface area contributed by atoms with E-state index in [1.54, 1.807) is 6.92 Å². The van der Waals surface area contributed by atoms with Crippen LogP contribution in [0.4, 0.5) is 0 Å². The minimum absolute atomic E-state index is 0.237. The molecule has 0 bridgehead atoms. The van der Waals surface area contributed by atoms with Crippen molar-refractivity contribution in [3.05, 3.63) is 30.2 Å². The molecule has 4 rings (SSSR count). The van der Waals surface area contributed by atoms with Crippen molar-refractivity contribution in [3.8, 4) is 0 Å². The Labute approximate surface area is 149 Å². The number of oxazole rings is 1. The number of aryl methyl sites for hydroxylation is 1. The molecule has 0 N–H and O–H groups in total. The van der Waals surface area contributed by atoms with Crippen molar-refractivity contribution in [2.75, 3.05) is 19.6 Å². The van der Waals surface area contributed by atoms with Gasteiger partial charge in [-0.05, 0) is 57.3 Å². The van der Waals surface area contributed by atoms with E-state index in [-0.39, 0.29) is 5.91 Å². The van der Waals surface area contributed by atoms with E-state index in [2.05, 4.69) is 14.8 Å². The van der Waals surface area contributed by atoms with Gasteiger partial charge in [0.1, 0.15) is 5.52 Å². The molecule has 25 heavy (non-hydrogen) atoms. The van der Waals surface area contributed by atoms with E-state index in [1.807, 2.05) is 24.3 Å². The number of benzene rings is 1. The third kappa shape index (κ3) is 3.43. The average molecular weight is 341 g/mol. The molecule has 2 saturated heterocycles. The number of hydrogen-bond donors (Lipinski definition) is 0. The monoisotopic (exact) mass is 341 g/mol. The molecule has 0 spiro atoms. The number of carbonyl (C=O) groups is 1. The number of aromatic nitrogens is 1. The molecule has 5 heteroatoms. The van der Waals surface area contributed by atoms with Crippen LogP contribution in [0, 0.1) is 0 Å². The number of amides is 1. The van der Waals surface area contributed by atoms with Crippen LogP contribution < -0.4 is 0 Å². The molecule has 0 saturated carbocycles. The summed E-state index contributed by atoms with van der Waals surface area (Å²) in [5.41, 5.74) is 1.82. The second-order valence-corrected chi connectivity index (χ2v) is 7.35. The summed E-state index contributed by atoms with van der Waals surface area (Å²) in [5.74, 6) is 1.07. The fourth-order valence-electron chi connectivity index (χ4n) is 4.61. The van der Waals surface area contributed by atoms with Crippen LogP contribution in [0.15, 0.2) is 28.7 Å². The molecular formula is C20H27N3O2. The van der Waals surface area contributed by atoms with Crippen molar-refractivity contribution in [2.24, 2.45) is 0 Å². The molecule has 0 unspecified atom stereocenters. The fraction of sp³-hybridized carbons (Fsp3) is 0.600. The molecular weight excluding hydrogens is 314 g/mol. The van der Waals surface area contributed by atoms with Crippen molar-refractivity contribution in [1.82, 2.24) is 14.8 Å². The van der Waals surface area contributed by atoms with Crippen LogP contribution in [0.25, 0.3) is 11.1 Å². The summed E-state index contributed by atoms with van der Waals surface area (Å²) < 4.78 is 5.83. The summed E-state index contributed by atoms with van der Waals surface area (Å²) in [5, 5.41) is 0. The Hall–Kier alpha value is -1.88. The highest BCUT2D eigenvalue weighted by molar-refractivity contribution is 5.74. The molecule has 1 aromatic carbocycles. The molecule has 0 aliphatic carbocycles. The van der Waals surface area contributed by atoms with E-state index in [1.165, 1.54) is 12.8 Å². The van der Waals surface area contributed by atoms with Gasteiger partial charge in [0, 0.05) is 32.0 Å². The maximum atomic E-state index is 11.9. The van der Waals surface area contributed by atoms with Gasteiger partial charge in [-0.3, -0.25) is 9.69 Å². The second kappa shape index (κ2) is 7.16. The first-order valence-electron chi connectivity index (χ1n) is 9.58. The van der Waals surface area contributed by atoms with Gasteiger partial charge >= 0.3 is 0 Å². The van der Waals surface area contributed by atoms with Gasteiger partial charge in [-0.2, -0.15) is 0 Å². The van der Waals surface area contributed by atoms with E-state index >= 15 is 0 Å². The van der Waals surface area contributed by atoms with Crippen molar-refractivity contribution in [3.63, 3.8) is 0 Å². The molecule has 5 nitrogen and oxygen atoms in total. The van der Waals surface area contributed by atoms with Crippen LogP contribution in [-0.4, -0.2) is 52.4 Å². The SMILES string of the molecule is CC(=O)N1CCC[C@H]1[C@H]1CCCN1CCCc1nc2ccccc2o1. The number of carbonyl (C=O) groups excluding carboxylic acids is 1. The quantitative estimate of drug-likeness (QED) is 0.838. The molecule has 3 heterocycles. The average Bonchev–Trinajstić information content (AvgIpc) is 3.33. The van der Waals surface area contributed by atoms with Crippen LogP contribution in [0.5, 0.6) is 0 Å². The lowest BCUT2D eigenvalue weighted by molar-refractivity contribution is -0.130. The highest BCUT2D eigenvalue weighted by Gasteiger charge is 2.38. The third-order valence-corrected chi connectivity index (χ3v) is 5.74. The van der Waals surface area contributed by atoms with Gasteiger partial charge in [0.05, 0.1) is 0 Å². The largest absolute Gasteiger partial charge is 0.441 e. The van der Waals surface area contributed by atoms with Crippen molar-refractivity contribution in [2.45, 2.75) is 57.5 Å². The van der Waals surface area contributed by atoms with Crippen molar-refractivity contribution < 1.29 is 9.21 Å². The van der Waals surface area contributed by atoms with Gasteiger partial charge in [-0.25, -0.2) is 4.98 Å². The fourth-order valence-corrected chi connectivity index (χ4v) is 4.61. The molecule has 1 aromatic heterocycles. The Morgan fingerprint density at radius 3 is 2.84 bits per heavy atom. The zero-order valence-electron chi connectivity index (χ0n) is 15.0. The topological polar surface area (TPSA) is 49.6 Å². The minimum atomic E-state index is 0.237. The first kappa shape index (κ1) is 16.6. The van der Waals surface area contributed by atoms with Gasteiger partial charge in [-0.1, -0.05) is 12.1 Å². The minimum Gasteiger partial charge on any atom is -0.441 e. The lowest BCUT2D eigenvalue weighted by atomic mass is 10.0. The van der Waals surface area contributed by atoms with Gasteiger partial charge in [-0.15, -0.1) is 0 Å². The van der Waals surface area contributed by atoms with Crippen LogP contribution in [0.1, 0.15) is 44.9 Å². The van der Waals surface area contributed by atoms with Crippen LogP contribution in [0.2, 0.25) is 0 Å². The summed E-state index contributed by atoms with van der Waals surface area (Å²) in [7, 11) is 0. The smallest absolute Gasteiger partial charge is 0.219 e. The third-order valence-electron chi connectivity index (χ3n) is 5.74. The van der Waals surface area contributed by atoms with Gasteiger partial charge in [0.2, 0.25) is 5.91 Å². The number of para-hydroxylation sites is 2. The Balaban J connectivity index is 1.34. The molecule has 2 fully saturated rings. The molecule has 1 amide bonds. The molecule has 2 atom stereocenters. The van der Waals surface area contributed by atoms with Gasteiger partial charge in [0.15, 0.2) is 11.5 Å². The molecule has 0 radical (unpaired) electrons. The highest BCUT2D eigenvalue weighted by Crippen LogP contribution is 2.30. The summed E-state index contributed by atoms with van der Waals surface area (Å²) in [6.07, 6.45) is 6.70. The van der Waals surface area contributed by atoms with E-state index in [4.69, 9.17) is 4.42 Å². The summed E-state index contributed by atoms with van der Waals surface area (Å²) >= 11 is 0. The first-order valence-corrected chi connectivity index (χ1v) is 9.58. The number of hydrogen-bond acceptors (Lipinski definition) is 4. The summed E-state index contributed by atoms with van der Waals surface area (Å²) in [6, 6.07) is 8.90. The Morgan fingerprint density at radius 1 is 1.20 bits per heavy atom. The molecule has 2 aromatic rings. The maximum Gasteiger partial charge on any atom is 0.219 e. The number of rotatable bonds is 5. The lowest BCUT2D eigenvalue weighted by Gasteiger charge is -2.34. The molecule has 134 valence electrons. The zero-order valence-corrected chi connectivity index (χ0v) is 15.0. The molecule has 2 aliphatic heterocycles. The van der Waals surface area contributed by atoms with Crippen LogP contribution in [-0.2, 0) is 11.2 Å². The number of likely N-dealkylation sites (tertiary alicyclic amines) is 2. The number of fused-ring (bicyclic) bond motifs is 1. The number of nitrogens with zero attached hydrogens (tertiary/aromatic N) is 3. The Kier molecular flexibility index (Phi) is 4.75. The van der Waals surface area contributed by atoms with Crippen molar-refractivity contribution in [1.29, 1.82) is 0 Å². The Bertz CT molecular complexity index is 708. The van der Waals surface area contributed by atoms with Gasteiger partial charge in [0.25, 0.3) is 0 Å². The highest BCUT2D eigenvalue weighted by atomic mass is 16.3. The van der Waals surface area contributed by atoms with E-state index in [9.17, 15) is 4.79 Å². The van der Waals surface area contributed by atoms with E-state index in [0.717, 1.165) is 62.3 Å². The van der Waals surface area contributed by atoms with Gasteiger partial charge < -0.3 is 9.32 Å². The first-order chi connectivity index (χ1) is 12.2. The van der Waals surface area contributed by atoms with E-state index in [0.29, 0.717) is 12.1 Å². The van der Waals surface area contributed by atoms with Crippen LogP contribution in [0.3, 0.4) is 0 Å². The van der Waals surface area contributed by atoms with Crippen molar-refractivity contribution >= 4 is 17.0 Å². The molecule has 2 aliphatic rings. The van der Waals surface area contributed by atoms with E-state index < -0.39 is 0 Å². The zero-order chi connectivity index (χ0) is 17.2. The lowest BCUT2D eigenvalue weighted by Crippen LogP contribution is -2.47. The predicted molar refractivity (Wildman–Crippen MR) is 97.3 cm³/mol. The summed E-state index contributed by atoms with van der Waals surface area (Å²) in [6.45, 7) is 4.87.